The molecule has 12 aromatic rings. The maximum atomic E-state index is 13.5. The van der Waals surface area contributed by atoms with Crippen molar-refractivity contribution in [1.29, 1.82) is 0 Å². The molecule has 8 nitrogen and oxygen atoms in total. The van der Waals surface area contributed by atoms with Gasteiger partial charge in [0.1, 0.15) is 15.9 Å². The molecule has 10 aromatic carbocycles. The molecule has 0 saturated carbocycles. The Morgan fingerprint density at radius 2 is 0.743 bits per heavy atom. The van der Waals surface area contributed by atoms with Crippen molar-refractivity contribution in [2.24, 2.45) is 0 Å². The summed E-state index contributed by atoms with van der Waals surface area (Å²) in [6.45, 7) is 0. The third-order valence-corrected chi connectivity index (χ3v) is 14.0. The van der Waals surface area contributed by atoms with Crippen LogP contribution in [-0.4, -0.2) is 29.2 Å². The molecule has 0 aliphatic rings. The quantitative estimate of drug-likeness (QED) is 0.120. The Morgan fingerprint density at radius 3 is 1.20 bits per heavy atom. The van der Waals surface area contributed by atoms with Crippen molar-refractivity contribution in [2.45, 2.75) is 4.90 Å². The topological polar surface area (TPSA) is 82.8 Å². The van der Waals surface area contributed by atoms with Crippen LogP contribution < -0.4 is 14.5 Å². The molecular weight excluding hydrogens is 885 g/mol. The molecule has 0 atom stereocenters. The van der Waals surface area contributed by atoms with Gasteiger partial charge in [-0.1, -0.05) is 115 Å². The maximum absolute atomic E-state index is 13.5. The lowest BCUT2D eigenvalue weighted by atomic mass is 10.0. The Bertz CT molecular complexity index is 4030. The van der Waals surface area contributed by atoms with Crippen LogP contribution in [0.1, 0.15) is 0 Å². The smallest absolute Gasteiger partial charge is 0.128 e. The number of nitrogens with zero attached hydrogens (tertiary/aromatic N) is 4. The summed E-state index contributed by atoms with van der Waals surface area (Å²) in [4.78, 5) is 3.78. The van der Waals surface area contributed by atoms with Crippen LogP contribution in [0.25, 0.3) is 66.1 Å². The van der Waals surface area contributed by atoms with Crippen LogP contribution in [0.4, 0.5) is 34.1 Å². The van der Waals surface area contributed by atoms with Gasteiger partial charge in [-0.15, -0.1) is 0 Å². The van der Waals surface area contributed by atoms with Crippen LogP contribution >= 0.6 is 0 Å². The van der Waals surface area contributed by atoms with Crippen LogP contribution in [0.2, 0.25) is 0 Å². The Morgan fingerprint density at radius 1 is 0.371 bits per heavy atom. The zero-order valence-corrected chi connectivity index (χ0v) is 38.7. The highest BCUT2D eigenvalue weighted by molar-refractivity contribution is 7.85. The van der Waals surface area contributed by atoms with E-state index in [9.17, 15) is 13.0 Å². The molecule has 0 saturated heterocycles. The molecule has 0 fully saturated rings. The summed E-state index contributed by atoms with van der Waals surface area (Å²) in [5, 5.41) is 4.32. The summed E-state index contributed by atoms with van der Waals surface area (Å²) in [7, 11) is -3.48. The number of para-hydroxylation sites is 6. The molecule has 0 amide bonds. The summed E-state index contributed by atoms with van der Waals surface area (Å²) >= 11 is 0. The predicted octanol–water partition coefficient (Wildman–Crippen LogP) is 15.4. The first-order chi connectivity index (χ1) is 34.3. The van der Waals surface area contributed by atoms with Crippen LogP contribution in [0.3, 0.4) is 0 Å². The Balaban J connectivity index is 0.981. The summed E-state index contributed by atoms with van der Waals surface area (Å²) in [6.07, 6.45) is 0. The van der Waals surface area contributed by atoms with Crippen LogP contribution in [0.15, 0.2) is 248 Å². The van der Waals surface area contributed by atoms with Gasteiger partial charge in [0.05, 0.1) is 34.1 Å². The summed E-state index contributed by atoms with van der Waals surface area (Å²) in [5.41, 5.74) is 11.8. The van der Waals surface area contributed by atoms with E-state index in [-0.39, 0.29) is 10.5 Å². The average molecular weight is 928 g/mol. The van der Waals surface area contributed by atoms with E-state index in [1.807, 2.05) is 120 Å². The van der Waals surface area contributed by atoms with E-state index in [1.165, 1.54) is 6.07 Å². The average Bonchev–Trinajstić information content (AvgIpc) is 3.92. The Kier molecular flexibility index (Phi) is 10.5. The SMILES string of the molecule is COc1cc(N(c2ccccc2)c2ccc3c(c2)c2ccccc2n3-c2ccccc2)ccc1-c1ccc(N(c2ccccc2)c2ccc3c(c2)c2ccccc2n3-c2ccccc2)cc1S(=O)(=O)[O-]. The second kappa shape index (κ2) is 17.3. The van der Waals surface area contributed by atoms with Gasteiger partial charge in [0.25, 0.3) is 0 Å². The lowest BCUT2D eigenvalue weighted by molar-refractivity contribution is 0.416. The minimum atomic E-state index is -5.04. The van der Waals surface area contributed by atoms with Crippen molar-refractivity contribution < 1.29 is 17.7 Å². The highest BCUT2D eigenvalue weighted by Crippen LogP contribution is 2.46. The number of hydrogen-bond donors (Lipinski definition) is 0. The van der Waals surface area contributed by atoms with E-state index in [0.717, 1.165) is 83.4 Å². The second-order valence-corrected chi connectivity index (χ2v) is 18.5. The van der Waals surface area contributed by atoms with Crippen molar-refractivity contribution in [3.05, 3.63) is 243 Å². The molecular formula is C61H43N4O4S-. The molecule has 0 unspecified atom stereocenters. The van der Waals surface area contributed by atoms with Crippen molar-refractivity contribution in [2.75, 3.05) is 16.9 Å². The van der Waals surface area contributed by atoms with Crippen LogP contribution in [-0.2, 0) is 10.1 Å². The molecule has 9 heteroatoms. The standard InChI is InChI=1S/C61H44N4O4S/c1-69-60-40-48(62(42-18-6-2-7-19-42)46-32-36-58-54(38-46)50-26-14-16-28-56(50)64(58)44-22-10-4-11-23-44)30-34-52(60)53-35-31-49(41-61(53)70(66,67)68)63(43-20-8-3-9-21-43)47-33-37-59-55(39-47)51-27-15-17-29-57(51)65(59)45-24-12-5-13-25-45/h2-41H,1H3,(H,66,67,68)/p-1. The van der Waals surface area contributed by atoms with Gasteiger partial charge in [-0.3, -0.25) is 0 Å². The number of fused-ring (bicyclic) bond motifs is 6. The lowest BCUT2D eigenvalue weighted by Crippen LogP contribution is -2.12. The van der Waals surface area contributed by atoms with Crippen molar-refractivity contribution >= 4 is 87.9 Å². The minimum Gasteiger partial charge on any atom is -0.744 e. The third-order valence-electron chi connectivity index (χ3n) is 13.1. The molecule has 0 radical (unpaired) electrons. The fraction of sp³-hybridized carbons (Fsp3) is 0.0164. The van der Waals surface area contributed by atoms with Gasteiger partial charge in [0.15, 0.2) is 0 Å². The van der Waals surface area contributed by atoms with Crippen molar-refractivity contribution in [3.63, 3.8) is 0 Å². The maximum Gasteiger partial charge on any atom is 0.128 e. The van der Waals surface area contributed by atoms with Crippen LogP contribution in [0.5, 0.6) is 5.75 Å². The van der Waals surface area contributed by atoms with E-state index < -0.39 is 10.1 Å². The second-order valence-electron chi connectivity index (χ2n) is 17.1. The molecule has 0 bridgehead atoms. The van der Waals surface area contributed by atoms with E-state index in [1.54, 1.807) is 13.2 Å². The summed E-state index contributed by atoms with van der Waals surface area (Å²) in [5.74, 6) is 0.401. The first-order valence-corrected chi connectivity index (χ1v) is 24.4. The van der Waals surface area contributed by atoms with Crippen molar-refractivity contribution in [3.8, 4) is 28.3 Å². The summed E-state index contributed by atoms with van der Waals surface area (Å²) < 4.78 is 51.3. The first kappa shape index (κ1) is 42.5. The normalized spacial score (nSPS) is 11.7. The Labute approximate surface area is 405 Å². The van der Waals surface area contributed by atoms with E-state index in [2.05, 4.69) is 129 Å². The number of rotatable bonds is 11. The fourth-order valence-corrected chi connectivity index (χ4v) is 10.8. The zero-order valence-electron chi connectivity index (χ0n) is 37.9. The number of aromatic nitrogens is 2. The molecule has 0 aliphatic carbocycles. The van der Waals surface area contributed by atoms with Crippen molar-refractivity contribution in [1.82, 2.24) is 9.13 Å². The van der Waals surface area contributed by atoms with Gasteiger partial charge >= 0.3 is 0 Å². The molecule has 0 spiro atoms. The van der Waals surface area contributed by atoms with Gasteiger partial charge in [-0.05, 0) is 121 Å². The predicted molar refractivity (Wildman–Crippen MR) is 284 cm³/mol. The first-order valence-electron chi connectivity index (χ1n) is 23.0. The minimum absolute atomic E-state index is 0.234. The van der Waals surface area contributed by atoms with Gasteiger partial charge in [-0.25, -0.2) is 8.42 Å². The number of hydrogen-bond acceptors (Lipinski definition) is 6. The van der Waals surface area contributed by atoms with E-state index in [0.29, 0.717) is 17.0 Å². The molecule has 0 N–H and O–H groups in total. The fourth-order valence-electron chi connectivity index (χ4n) is 10.1. The van der Waals surface area contributed by atoms with Gasteiger partial charge in [-0.2, -0.15) is 0 Å². The summed E-state index contributed by atoms with van der Waals surface area (Å²) in [6, 6.07) is 80.7. The van der Waals surface area contributed by atoms with Gasteiger partial charge in [0, 0.05) is 84.2 Å². The highest BCUT2D eigenvalue weighted by Gasteiger charge is 2.24. The van der Waals surface area contributed by atoms with Crippen LogP contribution in [0, 0.1) is 0 Å². The van der Waals surface area contributed by atoms with E-state index >= 15 is 0 Å². The third kappa shape index (κ3) is 7.32. The van der Waals surface area contributed by atoms with Gasteiger partial charge in [0.2, 0.25) is 0 Å². The highest BCUT2D eigenvalue weighted by atomic mass is 32.2. The monoisotopic (exact) mass is 927 g/mol. The molecule has 338 valence electrons. The number of anilines is 6. The van der Waals surface area contributed by atoms with E-state index in [4.69, 9.17) is 4.74 Å². The Hall–Kier alpha value is -8.89. The molecule has 0 aliphatic heterocycles. The molecule has 12 rings (SSSR count). The number of ether oxygens (including phenoxy) is 1. The molecule has 70 heavy (non-hydrogen) atoms. The zero-order chi connectivity index (χ0) is 47.3. The molecule has 2 aromatic heterocycles. The number of benzene rings is 10. The number of methoxy groups -OCH3 is 1. The lowest BCUT2D eigenvalue weighted by Gasteiger charge is -2.28. The molecule has 2 heterocycles. The van der Waals surface area contributed by atoms with Gasteiger partial charge < -0.3 is 28.2 Å². The largest absolute Gasteiger partial charge is 0.744 e.